The summed E-state index contributed by atoms with van der Waals surface area (Å²) >= 11 is 0. The summed E-state index contributed by atoms with van der Waals surface area (Å²) in [6.45, 7) is 40.2. The summed E-state index contributed by atoms with van der Waals surface area (Å²) in [7, 11) is 0. The molecule has 3 heterocycles. The van der Waals surface area contributed by atoms with Gasteiger partial charge in [0.25, 0.3) is 0 Å². The molecule has 0 bridgehead atoms. The third-order valence-corrected chi connectivity index (χ3v) is 14.7. The molecule has 72 heavy (non-hydrogen) atoms. The van der Waals surface area contributed by atoms with Crippen molar-refractivity contribution in [2.24, 2.45) is 10.8 Å². The summed E-state index contributed by atoms with van der Waals surface area (Å²) < 4.78 is 9.75. The van der Waals surface area contributed by atoms with E-state index in [9.17, 15) is 0 Å². The van der Waals surface area contributed by atoms with Crippen LogP contribution >= 0.6 is 0 Å². The van der Waals surface area contributed by atoms with Crippen molar-refractivity contribution in [3.63, 3.8) is 0 Å². The smallest absolute Gasteiger partial charge is 0.137 e. The molecule has 0 saturated heterocycles. The number of aromatic nitrogens is 2. The zero-order valence-electron chi connectivity index (χ0n) is 46.3. The largest absolute Gasteiger partial charge is 0.457 e. The van der Waals surface area contributed by atoms with E-state index >= 15 is 0 Å². The molecule has 6 aromatic carbocycles. The first-order valence-electron chi connectivity index (χ1n) is 26.1. The lowest BCUT2D eigenvalue weighted by Crippen LogP contribution is -2.32. The van der Waals surface area contributed by atoms with Gasteiger partial charge in [0, 0.05) is 68.1 Å². The third kappa shape index (κ3) is 9.60. The van der Waals surface area contributed by atoms with Gasteiger partial charge in [-0.05, 0) is 104 Å². The first-order chi connectivity index (χ1) is 33.6. The molecule has 0 radical (unpaired) electrons. The molecule has 1 aliphatic heterocycles. The van der Waals surface area contributed by atoms with Crippen molar-refractivity contribution < 1.29 is 4.74 Å². The van der Waals surface area contributed by atoms with Gasteiger partial charge >= 0.3 is 0 Å². The zero-order valence-corrected chi connectivity index (χ0v) is 46.3. The molecule has 0 aliphatic carbocycles. The van der Waals surface area contributed by atoms with Crippen molar-refractivity contribution in [1.29, 1.82) is 0 Å². The Kier molecular flexibility index (Phi) is 12.5. The summed E-state index contributed by atoms with van der Waals surface area (Å²) in [5, 5.41) is 2.44. The number of ether oxygens (including phenoxy) is 1. The zero-order chi connectivity index (χ0) is 51.9. The van der Waals surface area contributed by atoms with Crippen LogP contribution in [-0.2, 0) is 21.7 Å². The van der Waals surface area contributed by atoms with E-state index in [1.54, 1.807) is 0 Å². The molecule has 0 atom stereocenters. The van der Waals surface area contributed by atoms with Gasteiger partial charge in [-0.1, -0.05) is 203 Å². The van der Waals surface area contributed by atoms with E-state index in [1.807, 2.05) is 6.20 Å². The highest BCUT2D eigenvalue weighted by atomic mass is 16.5. The van der Waals surface area contributed by atoms with Crippen LogP contribution in [0.5, 0.6) is 11.5 Å². The molecule has 2 aromatic heterocycles. The summed E-state index contributed by atoms with van der Waals surface area (Å²) in [6, 6.07) is 53.6. The monoisotopic (exact) mass is 955 g/mol. The topological polar surface area (TPSA) is 33.5 Å². The SMILES string of the molecule is CC(C)(C)C1=C(C(C)(C)C)N(c2cc(Oc3cc(C(C)(C)C)c4c5ccccc5n(-c5cc(C(C)(C)C)ccn5)c4c3)cc(C(C)(C)c3ccccc3)c2)CN1c1cc(-c2ccccc2)cc(C(C)(C)C)c1. The fourth-order valence-corrected chi connectivity index (χ4v) is 10.8. The van der Waals surface area contributed by atoms with Gasteiger partial charge < -0.3 is 14.5 Å². The average Bonchev–Trinajstić information content (AvgIpc) is 3.89. The maximum Gasteiger partial charge on any atom is 0.137 e. The first kappa shape index (κ1) is 50.4. The Labute approximate surface area is 431 Å². The van der Waals surface area contributed by atoms with E-state index in [1.165, 1.54) is 66.8 Å². The number of anilines is 2. The van der Waals surface area contributed by atoms with Crippen molar-refractivity contribution in [1.82, 2.24) is 9.55 Å². The van der Waals surface area contributed by atoms with Crippen LogP contribution in [0.3, 0.4) is 0 Å². The van der Waals surface area contributed by atoms with Gasteiger partial charge in [0.2, 0.25) is 0 Å². The molecule has 0 fully saturated rings. The lowest BCUT2D eigenvalue weighted by Gasteiger charge is -2.35. The number of hydrogen-bond donors (Lipinski definition) is 0. The molecular weight excluding hydrogens is 877 g/mol. The fourth-order valence-electron chi connectivity index (χ4n) is 10.8. The van der Waals surface area contributed by atoms with Crippen LogP contribution in [0.4, 0.5) is 11.4 Å². The highest BCUT2D eigenvalue weighted by Gasteiger charge is 2.43. The molecule has 372 valence electrons. The van der Waals surface area contributed by atoms with Crippen LogP contribution in [-0.4, -0.2) is 16.2 Å². The Hall–Kier alpha value is -6.59. The van der Waals surface area contributed by atoms with Crippen LogP contribution in [0.2, 0.25) is 0 Å². The molecular formula is C67H78N4O. The van der Waals surface area contributed by atoms with Gasteiger partial charge in [-0.2, -0.15) is 0 Å². The third-order valence-electron chi connectivity index (χ3n) is 14.7. The highest BCUT2D eigenvalue weighted by Crippen LogP contribution is 2.51. The van der Waals surface area contributed by atoms with E-state index < -0.39 is 0 Å². The predicted molar refractivity (Wildman–Crippen MR) is 307 cm³/mol. The molecule has 0 amide bonds. The van der Waals surface area contributed by atoms with Crippen molar-refractivity contribution in [3.8, 4) is 28.4 Å². The van der Waals surface area contributed by atoms with Crippen molar-refractivity contribution in [2.75, 3.05) is 16.5 Å². The van der Waals surface area contributed by atoms with Gasteiger partial charge in [0.05, 0.1) is 17.7 Å². The number of nitrogens with zero attached hydrogens (tertiary/aromatic N) is 4. The summed E-state index contributed by atoms with van der Waals surface area (Å²) in [5.74, 6) is 2.49. The van der Waals surface area contributed by atoms with Gasteiger partial charge in [0.1, 0.15) is 17.3 Å². The Balaban J connectivity index is 1.27. The number of allylic oxidation sites excluding steroid dienone is 2. The molecule has 9 rings (SSSR count). The standard InChI is InChI=1S/C67H78N4O/c1-62(2,3)47-32-33-68-58(39-47)71-56-31-25-24-30-54(56)59-55(64(7,8)9)41-53(42-57(59)71)72-52-38-49(67(16,17)46-28-22-19-23-29-46)37-51(40-52)70-43-69(60(65(10,11)12)61(70)66(13,14)15)50-35-45(44-26-20-18-21-27-44)34-48(36-50)63(4,5)6/h18-42H,43H2,1-17H3. The van der Waals surface area contributed by atoms with E-state index in [2.05, 4.69) is 278 Å². The van der Waals surface area contributed by atoms with Crippen LogP contribution in [0.1, 0.15) is 146 Å². The van der Waals surface area contributed by atoms with Crippen LogP contribution in [0, 0.1) is 10.8 Å². The maximum atomic E-state index is 7.41. The minimum atomic E-state index is -0.352. The first-order valence-corrected chi connectivity index (χ1v) is 26.1. The second kappa shape index (κ2) is 17.9. The summed E-state index contributed by atoms with van der Waals surface area (Å²) in [5.41, 5.74) is 14.7. The predicted octanol–water partition coefficient (Wildman–Crippen LogP) is 18.4. The molecule has 0 saturated carbocycles. The van der Waals surface area contributed by atoms with Gasteiger partial charge in [-0.15, -0.1) is 0 Å². The maximum absolute atomic E-state index is 7.41. The molecule has 8 aromatic rings. The number of rotatable bonds is 8. The van der Waals surface area contributed by atoms with Crippen LogP contribution in [0.25, 0.3) is 38.8 Å². The lowest BCUT2D eigenvalue weighted by atomic mass is 9.77. The summed E-state index contributed by atoms with van der Waals surface area (Å²) in [6.07, 6.45) is 1.96. The van der Waals surface area contributed by atoms with Crippen LogP contribution in [0.15, 0.2) is 163 Å². The molecule has 5 nitrogen and oxygen atoms in total. The van der Waals surface area contributed by atoms with Crippen molar-refractivity contribution in [3.05, 3.63) is 191 Å². The second-order valence-corrected chi connectivity index (χ2v) is 26.0. The summed E-state index contributed by atoms with van der Waals surface area (Å²) in [4.78, 5) is 10.2. The average molecular weight is 955 g/mol. The fraction of sp³-hybridized carbons (Fsp3) is 0.358. The van der Waals surface area contributed by atoms with Crippen molar-refractivity contribution in [2.45, 2.75) is 139 Å². The van der Waals surface area contributed by atoms with Crippen molar-refractivity contribution >= 4 is 33.2 Å². The number of para-hydroxylation sites is 1. The quantitative estimate of drug-likeness (QED) is 0.152. The molecule has 0 unspecified atom stereocenters. The molecule has 1 aliphatic rings. The van der Waals surface area contributed by atoms with Gasteiger partial charge in [-0.3, -0.25) is 4.57 Å². The Morgan fingerprint density at radius 2 is 0.972 bits per heavy atom. The Morgan fingerprint density at radius 3 is 1.57 bits per heavy atom. The second-order valence-electron chi connectivity index (χ2n) is 26.0. The van der Waals surface area contributed by atoms with E-state index in [0.717, 1.165) is 34.0 Å². The minimum Gasteiger partial charge on any atom is -0.457 e. The van der Waals surface area contributed by atoms with E-state index in [-0.39, 0.29) is 32.5 Å². The number of pyridine rings is 1. The Morgan fingerprint density at radius 1 is 0.417 bits per heavy atom. The molecule has 0 spiro atoms. The normalized spacial score (nSPS) is 14.3. The van der Waals surface area contributed by atoms with Gasteiger partial charge in [-0.25, -0.2) is 4.98 Å². The van der Waals surface area contributed by atoms with Crippen LogP contribution < -0.4 is 14.5 Å². The minimum absolute atomic E-state index is 0.0405. The lowest BCUT2D eigenvalue weighted by molar-refractivity contribution is 0.444. The highest BCUT2D eigenvalue weighted by molar-refractivity contribution is 6.11. The van der Waals surface area contributed by atoms with E-state index in [0.29, 0.717) is 6.67 Å². The Bertz CT molecular complexity index is 3340. The molecule has 5 heteroatoms. The number of hydrogen-bond acceptors (Lipinski definition) is 4. The van der Waals surface area contributed by atoms with Gasteiger partial charge in [0.15, 0.2) is 0 Å². The number of benzene rings is 6. The molecule has 0 N–H and O–H groups in total. The van der Waals surface area contributed by atoms with E-state index in [4.69, 9.17) is 9.72 Å². The number of fused-ring (bicyclic) bond motifs is 3.